The van der Waals surface area contributed by atoms with E-state index in [1.54, 1.807) is 12.4 Å². The van der Waals surface area contributed by atoms with Gasteiger partial charge in [-0.2, -0.15) is 15.2 Å². The first-order chi connectivity index (χ1) is 14.5. The van der Waals surface area contributed by atoms with Crippen LogP contribution in [0.25, 0.3) is 0 Å². The predicted octanol–water partition coefficient (Wildman–Crippen LogP) is 3.66. The molecule has 8 heteroatoms. The molecule has 0 saturated carbocycles. The third-order valence-corrected chi connectivity index (χ3v) is 5.01. The van der Waals surface area contributed by atoms with Crippen molar-refractivity contribution in [1.82, 2.24) is 5.01 Å². The molecule has 1 saturated heterocycles. The molecule has 0 radical (unpaired) electrons. The molecule has 0 aliphatic carbocycles. The minimum absolute atomic E-state index is 0.159. The number of aryl methyl sites for hydroxylation is 2. The second-order valence-corrected chi connectivity index (χ2v) is 7.45. The van der Waals surface area contributed by atoms with Crippen LogP contribution in [0.4, 0.5) is 0 Å². The number of hydrogen-bond acceptors (Lipinski definition) is 7. The summed E-state index contributed by atoms with van der Waals surface area (Å²) in [5, 5.41) is 13.8. The van der Waals surface area contributed by atoms with Gasteiger partial charge in [0.2, 0.25) is 5.17 Å². The molecular weight excluding hydrogens is 400 g/mol. The van der Waals surface area contributed by atoms with E-state index in [4.69, 9.17) is 0 Å². The highest BCUT2D eigenvalue weighted by atomic mass is 32.2. The molecule has 152 valence electrons. The van der Waals surface area contributed by atoms with Gasteiger partial charge in [0.15, 0.2) is 0 Å². The maximum absolute atomic E-state index is 12.7. The molecule has 1 heterocycles. The fourth-order valence-corrected chi connectivity index (χ4v) is 3.20. The average molecular weight is 420 g/mol. The van der Waals surface area contributed by atoms with Gasteiger partial charge in [0.25, 0.3) is 5.91 Å². The number of rotatable bonds is 5. The van der Waals surface area contributed by atoms with E-state index in [1.165, 1.54) is 7.11 Å². The van der Waals surface area contributed by atoms with Crippen LogP contribution in [0, 0.1) is 13.8 Å². The number of methoxy groups -OCH3 is 1. The van der Waals surface area contributed by atoms with Crippen LogP contribution in [0.15, 0.2) is 74.8 Å². The van der Waals surface area contributed by atoms with Gasteiger partial charge in [0, 0.05) is 6.08 Å². The van der Waals surface area contributed by atoms with E-state index in [0.717, 1.165) is 45.1 Å². The van der Waals surface area contributed by atoms with Gasteiger partial charge in [0.05, 0.1) is 24.4 Å². The van der Waals surface area contributed by atoms with Crippen molar-refractivity contribution in [1.29, 1.82) is 0 Å². The van der Waals surface area contributed by atoms with Crippen molar-refractivity contribution in [2.75, 3.05) is 7.11 Å². The molecule has 0 atom stereocenters. The number of thioether (sulfide) groups is 1. The molecule has 2 aromatic rings. The first-order valence-electron chi connectivity index (χ1n) is 9.06. The quantitative estimate of drug-likeness (QED) is 0.320. The van der Waals surface area contributed by atoms with E-state index in [-0.39, 0.29) is 10.1 Å². The lowest BCUT2D eigenvalue weighted by molar-refractivity contribution is -0.135. The lowest BCUT2D eigenvalue weighted by Crippen LogP contribution is -2.23. The van der Waals surface area contributed by atoms with Gasteiger partial charge in [-0.1, -0.05) is 59.7 Å². The van der Waals surface area contributed by atoms with Crippen LogP contribution < -0.4 is 0 Å². The Morgan fingerprint density at radius 3 is 2.10 bits per heavy atom. The van der Waals surface area contributed by atoms with Crippen LogP contribution in [0.5, 0.6) is 0 Å². The molecule has 0 unspecified atom stereocenters. The van der Waals surface area contributed by atoms with Crippen molar-refractivity contribution in [3.63, 3.8) is 0 Å². The Labute approximate surface area is 178 Å². The summed E-state index contributed by atoms with van der Waals surface area (Å²) in [6.07, 6.45) is 4.26. The first kappa shape index (κ1) is 21.2. The summed E-state index contributed by atoms with van der Waals surface area (Å²) in [6.45, 7) is 3.99. The number of nitrogens with zero attached hydrogens (tertiary/aromatic N) is 4. The minimum atomic E-state index is -0.627. The summed E-state index contributed by atoms with van der Waals surface area (Å²) in [5.41, 5.74) is 3.96. The molecule has 1 aliphatic rings. The summed E-state index contributed by atoms with van der Waals surface area (Å²) in [5.74, 6) is -1.10. The Kier molecular flexibility index (Phi) is 6.92. The number of carbonyl (C=O) groups excluding carboxylic acids is 2. The fraction of sp³-hybridized carbons (Fsp3) is 0.136. The van der Waals surface area contributed by atoms with E-state index in [2.05, 4.69) is 20.0 Å². The predicted molar refractivity (Wildman–Crippen MR) is 120 cm³/mol. The SMILES string of the molecule is COC(=O)/C=C1\S/C(=N/N=C/c2ccc(C)cc2)N(/N=C/c2ccc(C)cc2)C1=O. The monoisotopic (exact) mass is 420 g/mol. The second kappa shape index (κ2) is 9.80. The van der Waals surface area contributed by atoms with Crippen molar-refractivity contribution >= 4 is 41.2 Å². The Bertz CT molecular complexity index is 1050. The molecule has 0 bridgehead atoms. The maximum atomic E-state index is 12.7. The normalized spacial score (nSPS) is 17.0. The number of benzene rings is 2. The summed E-state index contributed by atoms with van der Waals surface area (Å²) in [7, 11) is 1.25. The van der Waals surface area contributed by atoms with Crippen molar-refractivity contribution in [2.24, 2.45) is 15.3 Å². The molecule has 0 spiro atoms. The zero-order chi connectivity index (χ0) is 21.5. The van der Waals surface area contributed by atoms with Crippen LogP contribution in [0.1, 0.15) is 22.3 Å². The molecule has 1 amide bonds. The highest BCUT2D eigenvalue weighted by molar-refractivity contribution is 8.18. The smallest absolute Gasteiger partial charge is 0.331 e. The topological polar surface area (TPSA) is 83.7 Å². The molecule has 1 fully saturated rings. The summed E-state index contributed by atoms with van der Waals surface area (Å²) in [6, 6.07) is 15.5. The van der Waals surface area contributed by atoms with Gasteiger partial charge in [-0.25, -0.2) is 4.79 Å². The number of amides is 1. The van der Waals surface area contributed by atoms with Crippen LogP contribution in [-0.4, -0.2) is 41.6 Å². The highest BCUT2D eigenvalue weighted by Gasteiger charge is 2.34. The van der Waals surface area contributed by atoms with Gasteiger partial charge < -0.3 is 4.74 Å². The van der Waals surface area contributed by atoms with E-state index in [0.29, 0.717) is 0 Å². The summed E-state index contributed by atoms with van der Waals surface area (Å²) in [4.78, 5) is 24.4. The van der Waals surface area contributed by atoms with Gasteiger partial charge in [0.1, 0.15) is 0 Å². The molecule has 2 aromatic carbocycles. The van der Waals surface area contributed by atoms with Crippen LogP contribution in [0.2, 0.25) is 0 Å². The first-order valence-corrected chi connectivity index (χ1v) is 9.88. The molecule has 0 N–H and O–H groups in total. The minimum Gasteiger partial charge on any atom is -0.466 e. The van der Waals surface area contributed by atoms with Gasteiger partial charge in [-0.05, 0) is 36.7 Å². The summed E-state index contributed by atoms with van der Waals surface area (Å²) < 4.78 is 4.61. The second-order valence-electron chi connectivity index (χ2n) is 6.44. The fourth-order valence-electron chi connectivity index (χ4n) is 2.37. The van der Waals surface area contributed by atoms with Gasteiger partial charge >= 0.3 is 5.97 Å². The Morgan fingerprint density at radius 1 is 0.967 bits per heavy atom. The lowest BCUT2D eigenvalue weighted by Gasteiger charge is -2.06. The maximum Gasteiger partial charge on any atom is 0.331 e. The number of carbonyl (C=O) groups is 2. The van der Waals surface area contributed by atoms with Gasteiger partial charge in [-0.15, -0.1) is 5.10 Å². The van der Waals surface area contributed by atoms with E-state index in [1.807, 2.05) is 62.4 Å². The zero-order valence-electron chi connectivity index (χ0n) is 16.8. The third kappa shape index (κ3) is 5.51. The lowest BCUT2D eigenvalue weighted by atomic mass is 10.2. The molecular formula is C22H20N4O3S. The van der Waals surface area contributed by atoms with E-state index in [9.17, 15) is 9.59 Å². The van der Waals surface area contributed by atoms with Crippen molar-refractivity contribution in [3.05, 3.63) is 81.8 Å². The van der Waals surface area contributed by atoms with Crippen molar-refractivity contribution < 1.29 is 14.3 Å². The zero-order valence-corrected chi connectivity index (χ0v) is 17.6. The number of esters is 1. The van der Waals surface area contributed by atoms with E-state index >= 15 is 0 Å². The van der Waals surface area contributed by atoms with Crippen molar-refractivity contribution in [2.45, 2.75) is 13.8 Å². The van der Waals surface area contributed by atoms with Crippen molar-refractivity contribution in [3.8, 4) is 0 Å². The van der Waals surface area contributed by atoms with Crippen LogP contribution >= 0.6 is 11.8 Å². The number of ether oxygens (including phenoxy) is 1. The van der Waals surface area contributed by atoms with Crippen LogP contribution in [-0.2, 0) is 14.3 Å². The number of hydrazone groups is 1. The number of amidine groups is 1. The standard InChI is InChI=1S/C22H20N4O3S/c1-15-4-8-17(9-5-15)13-23-25-22-26(21(28)19(30-22)12-20(27)29-3)24-14-18-10-6-16(2)7-11-18/h4-14H,1-3H3/b19-12-,23-13+,24-14+,25-22+. The van der Waals surface area contributed by atoms with E-state index < -0.39 is 11.9 Å². The Hall–Kier alpha value is -3.52. The van der Waals surface area contributed by atoms with Crippen LogP contribution in [0.3, 0.4) is 0 Å². The Balaban J connectivity index is 1.87. The van der Waals surface area contributed by atoms with Gasteiger partial charge in [-0.3, -0.25) is 4.79 Å². The molecule has 30 heavy (non-hydrogen) atoms. The molecule has 3 rings (SSSR count). The molecule has 1 aliphatic heterocycles. The Morgan fingerprint density at radius 2 is 1.53 bits per heavy atom. The highest BCUT2D eigenvalue weighted by Crippen LogP contribution is 2.31. The molecule has 7 nitrogen and oxygen atoms in total. The summed E-state index contributed by atoms with van der Waals surface area (Å²) >= 11 is 1.00. The molecule has 0 aromatic heterocycles. The average Bonchev–Trinajstić information content (AvgIpc) is 3.03. The largest absolute Gasteiger partial charge is 0.466 e. The third-order valence-electron chi connectivity index (χ3n) is 4.06. The number of hydrogen-bond donors (Lipinski definition) is 0.